The molecule has 21 heavy (non-hydrogen) atoms. The summed E-state index contributed by atoms with van der Waals surface area (Å²) in [6, 6.07) is 11.5. The van der Waals surface area contributed by atoms with Crippen molar-refractivity contribution in [3.63, 3.8) is 0 Å². The number of hydrogen-bond donors (Lipinski definition) is 2. The van der Waals surface area contributed by atoms with Gasteiger partial charge in [-0.3, -0.25) is 9.59 Å². The van der Waals surface area contributed by atoms with E-state index in [-0.39, 0.29) is 18.4 Å². The molecule has 0 aliphatic heterocycles. The zero-order chi connectivity index (χ0) is 15.1. The van der Waals surface area contributed by atoms with Crippen molar-refractivity contribution in [3.8, 4) is 0 Å². The van der Waals surface area contributed by atoms with Gasteiger partial charge in [0.2, 0.25) is 11.8 Å². The molecule has 2 amide bonds. The first-order valence-electron chi connectivity index (χ1n) is 6.85. The van der Waals surface area contributed by atoms with E-state index in [4.69, 9.17) is 0 Å². The van der Waals surface area contributed by atoms with E-state index in [1.54, 1.807) is 0 Å². The summed E-state index contributed by atoms with van der Waals surface area (Å²) in [6.07, 6.45) is 1.28. The van der Waals surface area contributed by atoms with E-state index in [1.807, 2.05) is 41.8 Å². The van der Waals surface area contributed by atoms with E-state index < -0.39 is 0 Å². The lowest BCUT2D eigenvalue weighted by molar-refractivity contribution is -0.123. The van der Waals surface area contributed by atoms with Gasteiger partial charge in [0.1, 0.15) is 0 Å². The molecule has 0 saturated heterocycles. The van der Waals surface area contributed by atoms with Crippen LogP contribution in [0.4, 0.5) is 5.69 Å². The van der Waals surface area contributed by atoms with Crippen molar-refractivity contribution in [1.82, 2.24) is 5.32 Å². The van der Waals surface area contributed by atoms with Gasteiger partial charge in [0.05, 0.1) is 13.0 Å². The van der Waals surface area contributed by atoms with E-state index in [9.17, 15) is 9.59 Å². The highest BCUT2D eigenvalue weighted by molar-refractivity contribution is 7.10. The Kier molecular flexibility index (Phi) is 5.51. The smallest absolute Gasteiger partial charge is 0.243 e. The number of rotatable bonds is 6. The van der Waals surface area contributed by atoms with Gasteiger partial charge in [-0.1, -0.05) is 25.1 Å². The third-order valence-electron chi connectivity index (χ3n) is 3.01. The lowest BCUT2D eigenvalue weighted by atomic mass is 10.1. The van der Waals surface area contributed by atoms with Gasteiger partial charge < -0.3 is 10.6 Å². The van der Waals surface area contributed by atoms with E-state index in [0.29, 0.717) is 6.42 Å². The van der Waals surface area contributed by atoms with Gasteiger partial charge in [0.25, 0.3) is 0 Å². The summed E-state index contributed by atoms with van der Waals surface area (Å²) in [6.45, 7) is 2.07. The molecule has 5 heteroatoms. The van der Waals surface area contributed by atoms with Crippen LogP contribution in [-0.2, 0) is 22.4 Å². The number of nitrogens with one attached hydrogen (secondary N) is 2. The molecule has 1 heterocycles. The van der Waals surface area contributed by atoms with Gasteiger partial charge in [-0.05, 0) is 35.6 Å². The predicted octanol–water partition coefficient (Wildman–Crippen LogP) is 2.61. The Balaban J connectivity index is 1.75. The zero-order valence-corrected chi connectivity index (χ0v) is 12.7. The molecule has 2 aromatic rings. The Bertz CT molecular complexity index is 591. The van der Waals surface area contributed by atoms with E-state index in [2.05, 4.69) is 17.6 Å². The average molecular weight is 302 g/mol. The van der Waals surface area contributed by atoms with Crippen LogP contribution >= 0.6 is 11.3 Å². The fraction of sp³-hybridized carbons (Fsp3) is 0.250. The average Bonchev–Trinajstić information content (AvgIpc) is 2.99. The molecular formula is C16H18N2O2S. The molecule has 0 aliphatic rings. The number of aryl methyl sites for hydroxylation is 1. The van der Waals surface area contributed by atoms with Crippen molar-refractivity contribution in [2.45, 2.75) is 19.8 Å². The number of carbonyl (C=O) groups excluding carboxylic acids is 2. The minimum Gasteiger partial charge on any atom is -0.347 e. The van der Waals surface area contributed by atoms with Gasteiger partial charge in [-0.25, -0.2) is 0 Å². The van der Waals surface area contributed by atoms with E-state index >= 15 is 0 Å². The summed E-state index contributed by atoms with van der Waals surface area (Å²) in [5.74, 6) is -0.368. The first-order chi connectivity index (χ1) is 10.2. The second-order valence-corrected chi connectivity index (χ2v) is 5.66. The van der Waals surface area contributed by atoms with Crippen molar-refractivity contribution in [3.05, 3.63) is 52.2 Å². The molecule has 0 unspecified atom stereocenters. The van der Waals surface area contributed by atoms with Crippen LogP contribution in [0.3, 0.4) is 0 Å². The third-order valence-corrected chi connectivity index (χ3v) is 3.88. The SMILES string of the molecule is CCc1ccc(NC(=O)CNC(=O)Cc2cccs2)cc1. The van der Waals surface area contributed by atoms with Crippen LogP contribution in [0.1, 0.15) is 17.4 Å². The minimum absolute atomic E-state index is 0.0141. The molecule has 0 spiro atoms. The lowest BCUT2D eigenvalue weighted by Crippen LogP contribution is -2.33. The normalized spacial score (nSPS) is 10.1. The van der Waals surface area contributed by atoms with Crippen LogP contribution < -0.4 is 10.6 Å². The van der Waals surface area contributed by atoms with Crippen molar-refractivity contribution in [2.24, 2.45) is 0 Å². The number of carbonyl (C=O) groups is 2. The molecule has 0 bridgehead atoms. The Labute approximate surface area is 128 Å². The summed E-state index contributed by atoms with van der Waals surface area (Å²) in [5, 5.41) is 7.30. The molecule has 0 aliphatic carbocycles. The summed E-state index contributed by atoms with van der Waals surface area (Å²) < 4.78 is 0. The first kappa shape index (κ1) is 15.3. The van der Waals surface area contributed by atoms with Gasteiger partial charge >= 0.3 is 0 Å². The number of amides is 2. The number of thiophene rings is 1. The summed E-state index contributed by atoms with van der Waals surface area (Å²) >= 11 is 1.53. The molecule has 2 rings (SSSR count). The fourth-order valence-corrected chi connectivity index (χ4v) is 2.55. The molecule has 1 aromatic heterocycles. The molecule has 0 radical (unpaired) electrons. The highest BCUT2D eigenvalue weighted by Gasteiger charge is 2.07. The monoisotopic (exact) mass is 302 g/mol. The molecular weight excluding hydrogens is 284 g/mol. The maximum absolute atomic E-state index is 11.8. The number of hydrogen-bond acceptors (Lipinski definition) is 3. The van der Waals surface area contributed by atoms with Crippen LogP contribution in [0.2, 0.25) is 0 Å². The van der Waals surface area contributed by atoms with Crippen LogP contribution in [0.5, 0.6) is 0 Å². The summed E-state index contributed by atoms with van der Waals surface area (Å²) in [5.41, 5.74) is 1.96. The number of benzene rings is 1. The van der Waals surface area contributed by atoms with Crippen LogP contribution in [0, 0.1) is 0 Å². The molecule has 4 nitrogen and oxygen atoms in total. The Morgan fingerprint density at radius 1 is 1.10 bits per heavy atom. The second kappa shape index (κ2) is 7.59. The van der Waals surface area contributed by atoms with Crippen molar-refractivity contribution in [1.29, 1.82) is 0 Å². The molecule has 0 fully saturated rings. The van der Waals surface area contributed by atoms with Crippen molar-refractivity contribution in [2.75, 3.05) is 11.9 Å². The Morgan fingerprint density at radius 2 is 1.86 bits per heavy atom. The second-order valence-electron chi connectivity index (χ2n) is 4.63. The highest BCUT2D eigenvalue weighted by atomic mass is 32.1. The maximum Gasteiger partial charge on any atom is 0.243 e. The molecule has 0 atom stereocenters. The standard InChI is InChI=1S/C16H18N2O2S/c1-2-12-5-7-13(8-6-12)18-16(20)11-17-15(19)10-14-4-3-9-21-14/h3-9H,2,10-11H2,1H3,(H,17,19)(H,18,20). The molecule has 2 N–H and O–H groups in total. The quantitative estimate of drug-likeness (QED) is 0.862. The molecule has 0 saturated carbocycles. The largest absolute Gasteiger partial charge is 0.347 e. The molecule has 110 valence electrons. The topological polar surface area (TPSA) is 58.2 Å². The van der Waals surface area contributed by atoms with Gasteiger partial charge in [0.15, 0.2) is 0 Å². The van der Waals surface area contributed by atoms with Gasteiger partial charge in [0, 0.05) is 10.6 Å². The van der Waals surface area contributed by atoms with Gasteiger partial charge in [-0.15, -0.1) is 11.3 Å². The lowest BCUT2D eigenvalue weighted by Gasteiger charge is -2.07. The Morgan fingerprint density at radius 3 is 2.48 bits per heavy atom. The summed E-state index contributed by atoms with van der Waals surface area (Å²) in [4.78, 5) is 24.4. The minimum atomic E-state index is -0.223. The van der Waals surface area contributed by atoms with E-state index in [1.165, 1.54) is 16.9 Å². The number of anilines is 1. The highest BCUT2D eigenvalue weighted by Crippen LogP contribution is 2.10. The predicted molar refractivity (Wildman–Crippen MR) is 85.5 cm³/mol. The Hall–Kier alpha value is -2.14. The maximum atomic E-state index is 11.8. The zero-order valence-electron chi connectivity index (χ0n) is 11.9. The fourth-order valence-electron chi connectivity index (χ4n) is 1.84. The van der Waals surface area contributed by atoms with Crippen LogP contribution in [0.25, 0.3) is 0 Å². The van der Waals surface area contributed by atoms with Crippen LogP contribution in [0.15, 0.2) is 41.8 Å². The van der Waals surface area contributed by atoms with Gasteiger partial charge in [-0.2, -0.15) is 0 Å². The van der Waals surface area contributed by atoms with Crippen LogP contribution in [-0.4, -0.2) is 18.4 Å². The molecule has 1 aromatic carbocycles. The summed E-state index contributed by atoms with van der Waals surface area (Å²) in [7, 11) is 0. The third kappa shape index (κ3) is 5.04. The first-order valence-corrected chi connectivity index (χ1v) is 7.73. The van der Waals surface area contributed by atoms with Crippen molar-refractivity contribution < 1.29 is 9.59 Å². The van der Waals surface area contributed by atoms with Crippen molar-refractivity contribution >= 4 is 28.8 Å². The van der Waals surface area contributed by atoms with E-state index in [0.717, 1.165) is 17.0 Å².